The molecule has 24 heavy (non-hydrogen) atoms. The molecule has 0 spiro atoms. The summed E-state index contributed by atoms with van der Waals surface area (Å²) in [4.78, 5) is 32.5. The van der Waals surface area contributed by atoms with E-state index in [1.807, 2.05) is 13.8 Å². The van der Waals surface area contributed by atoms with Crippen molar-refractivity contribution in [2.75, 3.05) is 10.6 Å². The highest BCUT2D eigenvalue weighted by Crippen LogP contribution is 2.38. The number of rotatable bonds is 6. The molecule has 0 saturated carbocycles. The number of aromatic nitrogens is 2. The minimum absolute atomic E-state index is 0.116. The zero-order valence-corrected chi connectivity index (χ0v) is 14.2. The Morgan fingerprint density at radius 3 is 2.75 bits per heavy atom. The molecule has 126 valence electrons. The van der Waals surface area contributed by atoms with Crippen LogP contribution in [0.1, 0.15) is 37.2 Å². The molecule has 1 unspecified atom stereocenters. The molecule has 2 aromatic rings. The van der Waals surface area contributed by atoms with Gasteiger partial charge in [-0.2, -0.15) is 0 Å². The Morgan fingerprint density at radius 1 is 1.29 bits per heavy atom. The van der Waals surface area contributed by atoms with E-state index in [4.69, 9.17) is 4.74 Å². The molecule has 0 aromatic carbocycles. The largest absolute Gasteiger partial charge is 0.367 e. The number of anilines is 2. The molecule has 2 aromatic heterocycles. The van der Waals surface area contributed by atoms with Crippen LogP contribution in [0.2, 0.25) is 0 Å². The van der Waals surface area contributed by atoms with Gasteiger partial charge in [-0.25, -0.2) is 9.97 Å². The van der Waals surface area contributed by atoms with Gasteiger partial charge < -0.3 is 10.1 Å². The highest BCUT2D eigenvalue weighted by atomic mass is 32.1. The average Bonchev–Trinajstić information content (AvgIpc) is 2.92. The van der Waals surface area contributed by atoms with Gasteiger partial charge in [-0.3, -0.25) is 14.9 Å². The quantitative estimate of drug-likeness (QED) is 0.784. The van der Waals surface area contributed by atoms with Crippen LogP contribution in [0, 0.1) is 0 Å². The number of nitrogens with zero attached hydrogens (tertiary/aromatic N) is 2. The van der Waals surface area contributed by atoms with Crippen LogP contribution in [0.25, 0.3) is 0 Å². The lowest BCUT2D eigenvalue weighted by molar-refractivity contribution is -0.116. The van der Waals surface area contributed by atoms with Crippen molar-refractivity contribution < 1.29 is 14.3 Å². The molecule has 2 amide bonds. The fourth-order valence-corrected chi connectivity index (χ4v) is 2.87. The number of carbonyl (C=O) groups is 2. The van der Waals surface area contributed by atoms with E-state index in [9.17, 15) is 9.59 Å². The van der Waals surface area contributed by atoms with Crippen LogP contribution >= 0.6 is 11.3 Å². The molecule has 1 aliphatic rings. The Labute approximate surface area is 143 Å². The predicted molar refractivity (Wildman–Crippen MR) is 91.1 cm³/mol. The van der Waals surface area contributed by atoms with E-state index in [1.54, 1.807) is 23.7 Å². The Morgan fingerprint density at radius 2 is 2.08 bits per heavy atom. The van der Waals surface area contributed by atoms with E-state index in [-0.39, 0.29) is 23.3 Å². The minimum atomic E-state index is -0.410. The summed E-state index contributed by atoms with van der Waals surface area (Å²) in [7, 11) is 0. The van der Waals surface area contributed by atoms with Gasteiger partial charge in [-0.05, 0) is 32.4 Å². The number of hydrogen-bond donors (Lipinski definition) is 2. The number of amides is 2. The highest BCUT2D eigenvalue weighted by molar-refractivity contribution is 7.13. The van der Waals surface area contributed by atoms with E-state index in [0.29, 0.717) is 23.7 Å². The molecule has 2 N–H and O–H groups in total. The number of thiazole rings is 1. The van der Waals surface area contributed by atoms with E-state index in [0.717, 1.165) is 0 Å². The Balaban J connectivity index is 1.61. The van der Waals surface area contributed by atoms with Crippen LogP contribution in [-0.4, -0.2) is 33.5 Å². The Bertz CT molecular complexity index is 746. The highest BCUT2D eigenvalue weighted by Gasteiger charge is 2.47. The molecular weight excluding hydrogens is 328 g/mol. The maximum atomic E-state index is 12.3. The summed E-state index contributed by atoms with van der Waals surface area (Å²) in [6.07, 6.45) is 4.20. The number of pyridine rings is 1. The summed E-state index contributed by atoms with van der Waals surface area (Å²) in [6.45, 7) is 4.00. The van der Waals surface area contributed by atoms with Gasteiger partial charge in [0.05, 0.1) is 17.4 Å². The van der Waals surface area contributed by atoms with Gasteiger partial charge in [0, 0.05) is 24.2 Å². The number of epoxide rings is 1. The zero-order valence-electron chi connectivity index (χ0n) is 13.4. The van der Waals surface area contributed by atoms with Crippen molar-refractivity contribution in [2.24, 2.45) is 0 Å². The summed E-state index contributed by atoms with van der Waals surface area (Å²) < 4.78 is 5.46. The van der Waals surface area contributed by atoms with Crippen LogP contribution in [0.5, 0.6) is 0 Å². The second kappa shape index (κ2) is 6.66. The van der Waals surface area contributed by atoms with E-state index in [2.05, 4.69) is 20.6 Å². The normalized spacial score (nSPS) is 18.0. The first-order chi connectivity index (χ1) is 11.5. The molecule has 0 bridgehead atoms. The van der Waals surface area contributed by atoms with Crippen LogP contribution in [0.3, 0.4) is 0 Å². The number of ether oxygens (including phenoxy) is 1. The van der Waals surface area contributed by atoms with Gasteiger partial charge in [0.25, 0.3) is 5.91 Å². The van der Waals surface area contributed by atoms with Crippen molar-refractivity contribution in [1.29, 1.82) is 0 Å². The molecule has 1 aliphatic heterocycles. The maximum absolute atomic E-state index is 12.3. The molecule has 1 fully saturated rings. The second-order valence-corrected chi connectivity index (χ2v) is 6.88. The zero-order chi connectivity index (χ0) is 17.2. The molecule has 1 saturated heterocycles. The van der Waals surface area contributed by atoms with Crippen molar-refractivity contribution >= 4 is 34.0 Å². The fourth-order valence-electron chi connectivity index (χ4n) is 2.34. The SMILES string of the molecule is CC1(C)OC1CCC(=O)Nc1cccnc1C(=O)Nc1nccs1. The van der Waals surface area contributed by atoms with Gasteiger partial charge >= 0.3 is 0 Å². The van der Waals surface area contributed by atoms with Crippen molar-refractivity contribution in [3.63, 3.8) is 0 Å². The third kappa shape index (κ3) is 3.95. The average molecular weight is 346 g/mol. The summed E-state index contributed by atoms with van der Waals surface area (Å²) >= 11 is 1.31. The molecule has 1 atom stereocenters. The van der Waals surface area contributed by atoms with Crippen molar-refractivity contribution in [1.82, 2.24) is 9.97 Å². The molecule has 0 aliphatic carbocycles. The Kier molecular flexibility index (Phi) is 4.59. The van der Waals surface area contributed by atoms with Crippen LogP contribution in [0.4, 0.5) is 10.8 Å². The third-order valence-electron chi connectivity index (χ3n) is 3.75. The minimum Gasteiger partial charge on any atom is -0.367 e. The Hall–Kier alpha value is -2.32. The van der Waals surface area contributed by atoms with Crippen LogP contribution < -0.4 is 10.6 Å². The van der Waals surface area contributed by atoms with Gasteiger partial charge in [-0.15, -0.1) is 11.3 Å². The second-order valence-electron chi connectivity index (χ2n) is 5.99. The standard InChI is InChI=1S/C16H18N4O3S/c1-16(2)11(23-16)5-6-12(21)19-10-4-3-7-17-13(10)14(22)20-15-18-8-9-24-15/h3-4,7-9,11H,5-6H2,1-2H3,(H,19,21)(H,18,20,22). The first-order valence-corrected chi connectivity index (χ1v) is 8.47. The van der Waals surface area contributed by atoms with Gasteiger partial charge in [0.15, 0.2) is 10.8 Å². The summed E-state index contributed by atoms with van der Waals surface area (Å²) in [5.74, 6) is -0.579. The van der Waals surface area contributed by atoms with Crippen LogP contribution in [-0.2, 0) is 9.53 Å². The number of nitrogens with one attached hydrogen (secondary N) is 2. The van der Waals surface area contributed by atoms with Crippen molar-refractivity contribution in [2.45, 2.75) is 38.4 Å². The summed E-state index contributed by atoms with van der Waals surface area (Å²) in [5.41, 5.74) is 0.407. The predicted octanol–water partition coefficient (Wildman–Crippen LogP) is 2.69. The summed E-state index contributed by atoms with van der Waals surface area (Å²) in [6, 6.07) is 3.32. The lowest BCUT2D eigenvalue weighted by Crippen LogP contribution is -2.19. The molecule has 8 heteroatoms. The molecular formula is C16H18N4O3S. The smallest absolute Gasteiger partial charge is 0.278 e. The van der Waals surface area contributed by atoms with Gasteiger partial charge in [0.1, 0.15) is 0 Å². The lowest BCUT2D eigenvalue weighted by Gasteiger charge is -2.09. The first kappa shape index (κ1) is 16.5. The molecule has 0 radical (unpaired) electrons. The lowest BCUT2D eigenvalue weighted by atomic mass is 10.1. The third-order valence-corrected chi connectivity index (χ3v) is 4.44. The van der Waals surface area contributed by atoms with E-state index < -0.39 is 5.91 Å². The molecule has 7 nitrogen and oxygen atoms in total. The van der Waals surface area contributed by atoms with Crippen LogP contribution in [0.15, 0.2) is 29.9 Å². The van der Waals surface area contributed by atoms with Crippen molar-refractivity contribution in [3.8, 4) is 0 Å². The van der Waals surface area contributed by atoms with Gasteiger partial charge in [-0.1, -0.05) is 0 Å². The summed E-state index contributed by atoms with van der Waals surface area (Å²) in [5, 5.41) is 7.65. The van der Waals surface area contributed by atoms with Gasteiger partial charge in [0.2, 0.25) is 5.91 Å². The number of hydrogen-bond acceptors (Lipinski definition) is 6. The number of carbonyl (C=O) groups excluding carboxylic acids is 2. The monoisotopic (exact) mass is 346 g/mol. The van der Waals surface area contributed by atoms with Crippen molar-refractivity contribution in [3.05, 3.63) is 35.6 Å². The maximum Gasteiger partial charge on any atom is 0.278 e. The molecule has 3 heterocycles. The molecule has 3 rings (SSSR count). The van der Waals surface area contributed by atoms with E-state index in [1.165, 1.54) is 17.5 Å². The van der Waals surface area contributed by atoms with E-state index >= 15 is 0 Å². The topological polar surface area (TPSA) is 96.5 Å². The fraction of sp³-hybridized carbons (Fsp3) is 0.375. The first-order valence-electron chi connectivity index (χ1n) is 7.59.